The summed E-state index contributed by atoms with van der Waals surface area (Å²) in [6.07, 6.45) is 0. The van der Waals surface area contributed by atoms with Crippen LogP contribution >= 0.6 is 0 Å². The molecule has 0 aromatic heterocycles. The van der Waals surface area contributed by atoms with Crippen LogP contribution in [0.4, 0.5) is 11.4 Å². The van der Waals surface area contributed by atoms with Gasteiger partial charge in [0, 0.05) is 5.39 Å². The van der Waals surface area contributed by atoms with E-state index in [4.69, 9.17) is 0 Å². The number of azo groups is 1. The van der Waals surface area contributed by atoms with Gasteiger partial charge in [-0.2, -0.15) is 5.11 Å². The van der Waals surface area contributed by atoms with E-state index in [1.54, 1.807) is 30.3 Å². The van der Waals surface area contributed by atoms with Gasteiger partial charge in [-0.05, 0) is 35.7 Å². The third-order valence-corrected chi connectivity index (χ3v) is 5.26. The summed E-state index contributed by atoms with van der Waals surface area (Å²) >= 11 is 0. The van der Waals surface area contributed by atoms with Crippen molar-refractivity contribution in [1.29, 1.82) is 0 Å². The van der Waals surface area contributed by atoms with Gasteiger partial charge in [-0.25, -0.2) is 16.8 Å². The molecule has 0 saturated carbocycles. The van der Waals surface area contributed by atoms with Crippen molar-refractivity contribution in [3.63, 3.8) is 0 Å². The molecule has 0 fully saturated rings. The SMILES string of the molecule is O=S(=O)([O-])c1cc(S(=O)(=O)[O-])c2c(N=Nc3ccccc3)c(O)ccc2c1.[Na+]. The van der Waals surface area contributed by atoms with Crippen LogP contribution in [0.1, 0.15) is 0 Å². The molecule has 0 aliphatic rings. The Balaban J connectivity index is 0.00000280. The maximum atomic E-state index is 11.7. The van der Waals surface area contributed by atoms with Gasteiger partial charge in [0.2, 0.25) is 0 Å². The van der Waals surface area contributed by atoms with Crippen molar-refractivity contribution in [2.45, 2.75) is 9.79 Å². The third kappa shape index (κ3) is 4.75. The molecule has 0 spiro atoms. The number of phenolic OH excluding ortho intramolecular Hbond substituents is 1. The van der Waals surface area contributed by atoms with E-state index < -0.39 is 35.8 Å². The first kappa shape index (κ1) is 22.4. The van der Waals surface area contributed by atoms with E-state index in [0.717, 1.165) is 18.2 Å². The second-order valence-corrected chi connectivity index (χ2v) is 8.12. The van der Waals surface area contributed by atoms with Gasteiger partial charge in [0.1, 0.15) is 31.7 Å². The van der Waals surface area contributed by atoms with Crippen LogP contribution in [0.2, 0.25) is 0 Å². The minimum absolute atomic E-state index is 0. The van der Waals surface area contributed by atoms with Crippen LogP contribution in [0.25, 0.3) is 10.8 Å². The van der Waals surface area contributed by atoms with Crippen molar-refractivity contribution in [3.05, 3.63) is 54.6 Å². The van der Waals surface area contributed by atoms with Crippen LogP contribution in [-0.4, -0.2) is 31.0 Å². The molecule has 0 heterocycles. The summed E-state index contributed by atoms with van der Waals surface area (Å²) < 4.78 is 68.8. The molecule has 3 aromatic carbocycles. The van der Waals surface area contributed by atoms with Crippen molar-refractivity contribution >= 4 is 42.4 Å². The average molecular weight is 429 g/mol. The molecule has 1 N–H and O–H groups in total. The standard InChI is InChI=1S/C16H12N2O7S2.Na/c19-13-7-6-10-8-12(26(20,21)22)9-14(27(23,24)25)15(10)16(13)18-17-11-4-2-1-3-5-11;/h1-9,19H,(H,20,21,22)(H,23,24,25);/q;+1/p-2. The minimum atomic E-state index is -5.20. The molecule has 3 rings (SSSR count). The summed E-state index contributed by atoms with van der Waals surface area (Å²) in [5.74, 6) is -0.482. The van der Waals surface area contributed by atoms with E-state index in [9.17, 15) is 31.0 Å². The van der Waals surface area contributed by atoms with E-state index in [1.807, 2.05) is 0 Å². The summed E-state index contributed by atoms with van der Waals surface area (Å²) in [6, 6.07) is 11.9. The smallest absolute Gasteiger partial charge is 0.744 e. The Bertz CT molecular complexity index is 1280. The molecule has 140 valence electrons. The Labute approximate surface area is 182 Å². The topological polar surface area (TPSA) is 159 Å². The molecular formula is C16H10N2NaO7S2-. The fourth-order valence-electron chi connectivity index (χ4n) is 2.42. The van der Waals surface area contributed by atoms with Crippen molar-refractivity contribution in [2.24, 2.45) is 10.2 Å². The first-order valence-electron chi connectivity index (χ1n) is 7.26. The maximum Gasteiger partial charge on any atom is 1.00 e. The van der Waals surface area contributed by atoms with Crippen LogP contribution in [-0.2, 0) is 20.2 Å². The van der Waals surface area contributed by atoms with Gasteiger partial charge < -0.3 is 14.2 Å². The predicted molar refractivity (Wildman–Crippen MR) is 92.2 cm³/mol. The predicted octanol–water partition coefficient (Wildman–Crippen LogP) is -0.227. The van der Waals surface area contributed by atoms with Crippen LogP contribution in [0.3, 0.4) is 0 Å². The average Bonchev–Trinajstić information content (AvgIpc) is 2.59. The molecule has 28 heavy (non-hydrogen) atoms. The van der Waals surface area contributed by atoms with E-state index in [-0.39, 0.29) is 46.0 Å². The van der Waals surface area contributed by atoms with Gasteiger partial charge in [0.25, 0.3) is 0 Å². The number of fused-ring (bicyclic) bond motifs is 1. The van der Waals surface area contributed by atoms with Crippen molar-refractivity contribution in [3.8, 4) is 5.75 Å². The molecule has 0 aliphatic carbocycles. The normalized spacial score (nSPS) is 12.2. The molecular weight excluding hydrogens is 419 g/mol. The number of hydrogen-bond acceptors (Lipinski definition) is 9. The van der Waals surface area contributed by atoms with Crippen LogP contribution in [0.15, 0.2) is 74.6 Å². The Hall–Kier alpha value is -1.86. The van der Waals surface area contributed by atoms with Crippen LogP contribution in [0, 0.1) is 0 Å². The second-order valence-electron chi connectivity index (χ2n) is 5.40. The van der Waals surface area contributed by atoms with Gasteiger partial charge in [-0.15, -0.1) is 5.11 Å². The maximum absolute atomic E-state index is 11.7. The number of nitrogens with zero attached hydrogens (tertiary/aromatic N) is 2. The summed E-state index contributed by atoms with van der Waals surface area (Å²) in [7, 11) is -10.2. The zero-order valence-electron chi connectivity index (χ0n) is 14.3. The molecule has 12 heteroatoms. The zero-order valence-corrected chi connectivity index (χ0v) is 17.9. The molecule has 0 bridgehead atoms. The fourth-order valence-corrected chi connectivity index (χ4v) is 3.76. The fraction of sp³-hybridized carbons (Fsp3) is 0. The Morgan fingerprint density at radius 3 is 2.04 bits per heavy atom. The summed E-state index contributed by atoms with van der Waals surface area (Å²) in [6.45, 7) is 0. The molecule has 0 unspecified atom stereocenters. The number of benzene rings is 3. The van der Waals surface area contributed by atoms with Crippen molar-refractivity contribution in [1.82, 2.24) is 0 Å². The van der Waals surface area contributed by atoms with Gasteiger partial charge in [0.15, 0.2) is 0 Å². The summed E-state index contributed by atoms with van der Waals surface area (Å²) in [5, 5.41) is 17.3. The molecule has 0 atom stereocenters. The van der Waals surface area contributed by atoms with Crippen LogP contribution in [0.5, 0.6) is 5.75 Å². The minimum Gasteiger partial charge on any atom is -0.744 e. The van der Waals surface area contributed by atoms with Gasteiger partial charge >= 0.3 is 29.6 Å². The van der Waals surface area contributed by atoms with Crippen LogP contribution < -0.4 is 29.6 Å². The molecule has 0 amide bonds. The summed E-state index contributed by atoms with van der Waals surface area (Å²) in [4.78, 5) is -1.88. The quantitative estimate of drug-likeness (QED) is 0.341. The molecule has 0 radical (unpaired) electrons. The monoisotopic (exact) mass is 429 g/mol. The van der Waals surface area contributed by atoms with E-state index in [1.165, 1.54) is 0 Å². The van der Waals surface area contributed by atoms with E-state index in [0.29, 0.717) is 11.8 Å². The van der Waals surface area contributed by atoms with E-state index >= 15 is 0 Å². The first-order valence-corrected chi connectivity index (χ1v) is 10.1. The van der Waals surface area contributed by atoms with Crippen molar-refractivity contribution < 1.29 is 60.6 Å². The number of aromatic hydroxyl groups is 1. The largest absolute Gasteiger partial charge is 1.00 e. The number of phenols is 1. The molecule has 0 aliphatic heterocycles. The number of hydrogen-bond donors (Lipinski definition) is 1. The Morgan fingerprint density at radius 1 is 0.821 bits per heavy atom. The van der Waals surface area contributed by atoms with Gasteiger partial charge in [-0.1, -0.05) is 24.3 Å². The molecule has 0 saturated heterocycles. The molecule has 3 aromatic rings. The Morgan fingerprint density at radius 2 is 1.46 bits per heavy atom. The third-order valence-electron chi connectivity index (χ3n) is 3.59. The Kier molecular flexibility index (Phi) is 6.61. The van der Waals surface area contributed by atoms with Gasteiger partial charge in [-0.3, -0.25) is 0 Å². The number of rotatable bonds is 4. The van der Waals surface area contributed by atoms with E-state index in [2.05, 4.69) is 10.2 Å². The van der Waals surface area contributed by atoms with Gasteiger partial charge in [0.05, 0.1) is 15.5 Å². The summed E-state index contributed by atoms with van der Waals surface area (Å²) in [5.41, 5.74) is 0.0415. The van der Waals surface area contributed by atoms with Crippen molar-refractivity contribution in [2.75, 3.05) is 0 Å². The molecule has 9 nitrogen and oxygen atoms in total. The zero-order chi connectivity index (χ0) is 19.8. The first-order chi connectivity index (χ1) is 12.6. The second kappa shape index (κ2) is 8.25.